The van der Waals surface area contributed by atoms with Crippen LogP contribution in [0.1, 0.15) is 23.0 Å². The van der Waals surface area contributed by atoms with Gasteiger partial charge in [0.2, 0.25) is 0 Å². The Balaban J connectivity index is 2.48. The van der Waals surface area contributed by atoms with E-state index in [2.05, 4.69) is 0 Å². The molecule has 0 fully saturated rings. The maximum Gasteiger partial charge on any atom is 0.338 e. The number of benzene rings is 1. The minimum absolute atomic E-state index is 0.324. The van der Waals surface area contributed by atoms with Crippen molar-refractivity contribution in [1.82, 2.24) is 0 Å². The van der Waals surface area contributed by atoms with Gasteiger partial charge in [-0.15, -0.1) is 0 Å². The van der Waals surface area contributed by atoms with Crippen molar-refractivity contribution in [2.45, 2.75) is 6.92 Å². The standard InChI is InChI=1S/C14H12O4/c1-2-17-14(16)11-6-3-7-13-12(11)9-10(18-13)5-4-8-15/h3-9H,2H2,1H3/b5-4+. The van der Waals surface area contributed by atoms with Crippen LogP contribution in [0.5, 0.6) is 0 Å². The van der Waals surface area contributed by atoms with Gasteiger partial charge >= 0.3 is 5.97 Å². The number of furan rings is 1. The smallest absolute Gasteiger partial charge is 0.338 e. The summed E-state index contributed by atoms with van der Waals surface area (Å²) < 4.78 is 10.5. The summed E-state index contributed by atoms with van der Waals surface area (Å²) in [5, 5.41) is 0.682. The monoisotopic (exact) mass is 244 g/mol. The van der Waals surface area contributed by atoms with Crippen molar-refractivity contribution in [3.63, 3.8) is 0 Å². The summed E-state index contributed by atoms with van der Waals surface area (Å²) in [5.74, 6) is 0.142. The Kier molecular flexibility index (Phi) is 3.57. The van der Waals surface area contributed by atoms with Crippen molar-refractivity contribution in [2.24, 2.45) is 0 Å². The zero-order chi connectivity index (χ0) is 13.0. The van der Waals surface area contributed by atoms with E-state index in [4.69, 9.17) is 9.15 Å². The predicted molar refractivity (Wildman–Crippen MR) is 67.3 cm³/mol. The summed E-state index contributed by atoms with van der Waals surface area (Å²) in [5.41, 5.74) is 1.05. The molecule has 4 heteroatoms. The molecule has 0 unspecified atom stereocenters. The van der Waals surface area contributed by atoms with Gasteiger partial charge in [0.25, 0.3) is 0 Å². The lowest BCUT2D eigenvalue weighted by Gasteiger charge is -2.01. The lowest BCUT2D eigenvalue weighted by molar-refractivity contribution is -0.104. The van der Waals surface area contributed by atoms with Crippen LogP contribution in [0.4, 0.5) is 0 Å². The Morgan fingerprint density at radius 1 is 1.44 bits per heavy atom. The number of aldehydes is 1. The van der Waals surface area contributed by atoms with E-state index in [-0.39, 0.29) is 5.97 Å². The van der Waals surface area contributed by atoms with Crippen LogP contribution in [0.2, 0.25) is 0 Å². The number of rotatable bonds is 4. The molecular weight excluding hydrogens is 232 g/mol. The number of allylic oxidation sites excluding steroid dienone is 1. The van der Waals surface area contributed by atoms with Gasteiger partial charge in [0.05, 0.1) is 12.2 Å². The highest BCUT2D eigenvalue weighted by Gasteiger charge is 2.13. The maximum atomic E-state index is 11.7. The molecule has 0 radical (unpaired) electrons. The number of hydrogen-bond donors (Lipinski definition) is 0. The van der Waals surface area contributed by atoms with E-state index >= 15 is 0 Å². The Morgan fingerprint density at radius 3 is 3.00 bits per heavy atom. The van der Waals surface area contributed by atoms with Crippen molar-refractivity contribution < 1.29 is 18.7 Å². The van der Waals surface area contributed by atoms with Crippen LogP contribution in [0.25, 0.3) is 17.0 Å². The van der Waals surface area contributed by atoms with E-state index in [1.807, 2.05) is 0 Å². The molecule has 1 heterocycles. The van der Waals surface area contributed by atoms with Gasteiger partial charge < -0.3 is 9.15 Å². The molecular formula is C14H12O4. The molecule has 18 heavy (non-hydrogen) atoms. The van der Waals surface area contributed by atoms with E-state index in [1.165, 1.54) is 6.08 Å². The van der Waals surface area contributed by atoms with Crippen molar-refractivity contribution >= 4 is 29.3 Å². The zero-order valence-electron chi connectivity index (χ0n) is 9.88. The molecule has 0 amide bonds. The SMILES string of the molecule is CCOC(=O)c1cccc2oc(/C=C/C=O)cc12. The van der Waals surface area contributed by atoms with E-state index in [0.717, 1.165) is 0 Å². The van der Waals surface area contributed by atoms with Gasteiger partial charge in [-0.25, -0.2) is 4.79 Å². The summed E-state index contributed by atoms with van der Waals surface area (Å²) in [4.78, 5) is 22.0. The second kappa shape index (κ2) is 5.31. The fraction of sp³-hybridized carbons (Fsp3) is 0.143. The molecule has 2 rings (SSSR count). The van der Waals surface area contributed by atoms with Crippen molar-refractivity contribution in [3.05, 3.63) is 41.7 Å². The maximum absolute atomic E-state index is 11.7. The number of esters is 1. The molecule has 0 atom stereocenters. The van der Waals surface area contributed by atoms with Gasteiger partial charge in [-0.05, 0) is 37.3 Å². The third-order valence-corrected chi connectivity index (χ3v) is 2.41. The first kappa shape index (κ1) is 12.1. The lowest BCUT2D eigenvalue weighted by Crippen LogP contribution is -2.04. The highest BCUT2D eigenvalue weighted by Crippen LogP contribution is 2.24. The zero-order valence-corrected chi connectivity index (χ0v) is 9.88. The molecule has 0 aliphatic carbocycles. The summed E-state index contributed by atoms with van der Waals surface area (Å²) >= 11 is 0. The third-order valence-electron chi connectivity index (χ3n) is 2.41. The average molecular weight is 244 g/mol. The molecule has 0 spiro atoms. The van der Waals surface area contributed by atoms with Gasteiger partial charge in [-0.2, -0.15) is 0 Å². The number of fused-ring (bicyclic) bond motifs is 1. The molecule has 2 aromatic rings. The van der Waals surface area contributed by atoms with Crippen LogP contribution in [-0.4, -0.2) is 18.9 Å². The topological polar surface area (TPSA) is 56.5 Å². The second-order valence-electron chi connectivity index (χ2n) is 3.58. The van der Waals surface area contributed by atoms with E-state index in [9.17, 15) is 9.59 Å². The summed E-state index contributed by atoms with van der Waals surface area (Å²) in [6.07, 6.45) is 3.54. The highest BCUT2D eigenvalue weighted by atomic mass is 16.5. The van der Waals surface area contributed by atoms with E-state index in [0.29, 0.717) is 35.2 Å². The van der Waals surface area contributed by atoms with Crippen molar-refractivity contribution in [1.29, 1.82) is 0 Å². The molecule has 1 aromatic heterocycles. The minimum atomic E-state index is -0.380. The van der Waals surface area contributed by atoms with Gasteiger partial charge in [-0.3, -0.25) is 4.79 Å². The molecule has 4 nitrogen and oxygen atoms in total. The summed E-state index contributed by atoms with van der Waals surface area (Å²) in [7, 11) is 0. The number of hydrogen-bond acceptors (Lipinski definition) is 4. The highest BCUT2D eigenvalue weighted by molar-refractivity contribution is 6.03. The number of carbonyl (C=O) groups excluding carboxylic acids is 2. The van der Waals surface area contributed by atoms with Crippen LogP contribution in [0.15, 0.2) is 34.8 Å². The first-order valence-corrected chi connectivity index (χ1v) is 5.57. The largest absolute Gasteiger partial charge is 0.462 e. The van der Waals surface area contributed by atoms with E-state index in [1.54, 1.807) is 37.3 Å². The van der Waals surface area contributed by atoms with Crippen LogP contribution >= 0.6 is 0 Å². The predicted octanol–water partition coefficient (Wildman–Crippen LogP) is 2.82. The number of ether oxygens (including phenoxy) is 1. The minimum Gasteiger partial charge on any atom is -0.462 e. The fourth-order valence-electron chi connectivity index (χ4n) is 1.68. The normalized spacial score (nSPS) is 10.9. The lowest BCUT2D eigenvalue weighted by atomic mass is 10.1. The molecule has 0 saturated heterocycles. The third kappa shape index (κ3) is 2.32. The Bertz CT molecular complexity index is 607. The van der Waals surface area contributed by atoms with Crippen LogP contribution in [-0.2, 0) is 9.53 Å². The number of carbonyl (C=O) groups is 2. The molecule has 1 aromatic carbocycles. The molecule has 92 valence electrons. The van der Waals surface area contributed by atoms with Crippen molar-refractivity contribution in [2.75, 3.05) is 6.61 Å². The summed E-state index contributed by atoms with van der Waals surface area (Å²) in [6.45, 7) is 2.08. The molecule has 0 bridgehead atoms. The Hall–Kier alpha value is -2.36. The van der Waals surface area contributed by atoms with E-state index < -0.39 is 0 Å². The molecule has 0 N–H and O–H groups in total. The Morgan fingerprint density at radius 2 is 2.28 bits per heavy atom. The molecule has 0 saturated carbocycles. The molecule has 0 aliphatic rings. The second-order valence-corrected chi connectivity index (χ2v) is 3.58. The molecule has 0 aliphatic heterocycles. The first-order valence-electron chi connectivity index (χ1n) is 5.57. The summed E-state index contributed by atoms with van der Waals surface area (Å²) in [6, 6.07) is 6.88. The fourth-order valence-corrected chi connectivity index (χ4v) is 1.68. The van der Waals surface area contributed by atoms with Crippen LogP contribution in [0, 0.1) is 0 Å². The van der Waals surface area contributed by atoms with Gasteiger partial charge in [-0.1, -0.05) is 6.07 Å². The first-order chi connectivity index (χ1) is 8.76. The van der Waals surface area contributed by atoms with Gasteiger partial charge in [0, 0.05) is 5.39 Å². The average Bonchev–Trinajstić information content (AvgIpc) is 2.79. The van der Waals surface area contributed by atoms with Gasteiger partial charge in [0.1, 0.15) is 17.6 Å². The van der Waals surface area contributed by atoms with Gasteiger partial charge in [0.15, 0.2) is 0 Å². The Labute approximate surface area is 104 Å². The van der Waals surface area contributed by atoms with Crippen molar-refractivity contribution in [3.8, 4) is 0 Å². The van der Waals surface area contributed by atoms with Crippen LogP contribution in [0.3, 0.4) is 0 Å². The quantitative estimate of drug-likeness (QED) is 0.471. The van der Waals surface area contributed by atoms with Crippen LogP contribution < -0.4 is 0 Å².